The molecule has 7 nitrogen and oxygen atoms in total. The van der Waals surface area contributed by atoms with Gasteiger partial charge in [0.15, 0.2) is 0 Å². The van der Waals surface area contributed by atoms with Gasteiger partial charge in [-0.15, -0.1) is 0 Å². The summed E-state index contributed by atoms with van der Waals surface area (Å²) in [6.45, 7) is 5.70. The summed E-state index contributed by atoms with van der Waals surface area (Å²) in [6, 6.07) is 9.90. The van der Waals surface area contributed by atoms with Crippen molar-refractivity contribution < 1.29 is 31.9 Å². The molecule has 0 bridgehead atoms. The second-order valence-corrected chi connectivity index (χ2v) is 10.7. The average molecular weight is 522 g/mol. The number of esters is 1. The zero-order chi connectivity index (χ0) is 27.6. The van der Waals surface area contributed by atoms with Gasteiger partial charge in [-0.1, -0.05) is 0 Å². The first-order valence-electron chi connectivity index (χ1n) is 11.9. The lowest BCUT2D eigenvalue weighted by molar-refractivity contribution is -0.242. The van der Waals surface area contributed by atoms with Crippen LogP contribution in [0.5, 0.6) is 5.75 Å². The molecule has 2 heterocycles. The van der Waals surface area contributed by atoms with Gasteiger partial charge < -0.3 is 25.4 Å². The summed E-state index contributed by atoms with van der Waals surface area (Å²) in [5, 5.41) is 0.762. The van der Waals surface area contributed by atoms with Crippen molar-refractivity contribution >= 4 is 16.9 Å². The molecular formula is C27H34F3N3O4. The normalized spacial score (nSPS) is 16.6. The molecule has 0 aliphatic rings. The molecule has 0 fully saturated rings. The van der Waals surface area contributed by atoms with Gasteiger partial charge in [0.05, 0.1) is 5.41 Å². The Labute approximate surface area is 214 Å². The molecule has 0 saturated carbocycles. The van der Waals surface area contributed by atoms with Crippen LogP contribution in [0.4, 0.5) is 13.2 Å². The van der Waals surface area contributed by atoms with Gasteiger partial charge in [-0.2, -0.15) is 13.2 Å². The van der Waals surface area contributed by atoms with E-state index in [1.807, 2.05) is 12.1 Å². The average Bonchev–Trinajstić information content (AvgIpc) is 3.23. The number of halogens is 3. The van der Waals surface area contributed by atoms with Crippen LogP contribution in [0.1, 0.15) is 41.0 Å². The summed E-state index contributed by atoms with van der Waals surface area (Å²) in [5.41, 5.74) is 8.52. The van der Waals surface area contributed by atoms with Crippen molar-refractivity contribution in [3.8, 4) is 17.1 Å². The van der Waals surface area contributed by atoms with E-state index in [2.05, 4.69) is 4.98 Å². The summed E-state index contributed by atoms with van der Waals surface area (Å²) < 4.78 is 58.8. The van der Waals surface area contributed by atoms with Crippen LogP contribution >= 0.6 is 0 Å². The van der Waals surface area contributed by atoms with Crippen LogP contribution in [0.25, 0.3) is 22.3 Å². The maximum atomic E-state index is 14.1. The van der Waals surface area contributed by atoms with Crippen LogP contribution in [0.3, 0.4) is 0 Å². The van der Waals surface area contributed by atoms with E-state index >= 15 is 0 Å². The fourth-order valence-corrected chi connectivity index (χ4v) is 3.76. The van der Waals surface area contributed by atoms with Crippen LogP contribution in [0, 0.1) is 10.8 Å². The molecule has 0 amide bonds. The fourth-order valence-electron chi connectivity index (χ4n) is 3.76. The number of carbonyl (C=O) groups excluding carboxylic acids is 1. The summed E-state index contributed by atoms with van der Waals surface area (Å²) >= 11 is 0. The van der Waals surface area contributed by atoms with E-state index in [1.165, 1.54) is 19.9 Å². The molecule has 2 aromatic heterocycles. The molecular weight excluding hydrogens is 487 g/mol. The van der Waals surface area contributed by atoms with Crippen LogP contribution in [-0.2, 0) is 9.53 Å². The number of alkyl halides is 3. The maximum Gasteiger partial charge on any atom is 0.400 e. The molecule has 3 unspecified atom stereocenters. The van der Waals surface area contributed by atoms with E-state index in [9.17, 15) is 18.0 Å². The molecule has 4 N–H and O–H groups in total. The Morgan fingerprint density at radius 3 is 2.41 bits per heavy atom. The number of furan rings is 1. The molecule has 3 atom stereocenters. The number of benzene rings is 1. The first-order chi connectivity index (χ1) is 17.1. The Kier molecular flexibility index (Phi) is 7.95. The van der Waals surface area contributed by atoms with E-state index in [1.54, 1.807) is 44.4 Å². The van der Waals surface area contributed by atoms with Crippen LogP contribution in [0.2, 0.25) is 0 Å². The highest BCUT2D eigenvalue weighted by Crippen LogP contribution is 2.41. The molecule has 0 saturated heterocycles. The van der Waals surface area contributed by atoms with Gasteiger partial charge in [-0.3, -0.25) is 9.78 Å². The number of aromatic nitrogens is 1. The molecule has 0 aliphatic heterocycles. The molecule has 202 valence electrons. The maximum absolute atomic E-state index is 14.1. The number of hydrogen-bond donors (Lipinski definition) is 2. The predicted octanol–water partition coefficient (Wildman–Crippen LogP) is 5.47. The predicted molar refractivity (Wildman–Crippen MR) is 135 cm³/mol. The van der Waals surface area contributed by atoms with E-state index in [0.29, 0.717) is 11.3 Å². The number of nitrogens with two attached hydrogens (primary N) is 2. The van der Waals surface area contributed by atoms with E-state index in [-0.39, 0.29) is 18.2 Å². The zero-order valence-corrected chi connectivity index (χ0v) is 21.7. The lowest BCUT2D eigenvalue weighted by Crippen LogP contribution is -2.57. The summed E-state index contributed by atoms with van der Waals surface area (Å²) in [4.78, 5) is 16.9. The van der Waals surface area contributed by atoms with Crippen molar-refractivity contribution in [2.75, 3.05) is 13.2 Å². The van der Waals surface area contributed by atoms with Gasteiger partial charge in [0.1, 0.15) is 35.7 Å². The van der Waals surface area contributed by atoms with Gasteiger partial charge in [-0.25, -0.2) is 0 Å². The molecule has 3 aromatic rings. The molecule has 0 spiro atoms. The van der Waals surface area contributed by atoms with Gasteiger partial charge in [0.25, 0.3) is 0 Å². The Balaban J connectivity index is 1.73. The molecule has 37 heavy (non-hydrogen) atoms. The smallest absolute Gasteiger partial charge is 0.400 e. The second kappa shape index (κ2) is 10.3. The summed E-state index contributed by atoms with van der Waals surface area (Å²) in [5.74, 6) is -0.0763. The van der Waals surface area contributed by atoms with Crippen molar-refractivity contribution in [2.45, 2.75) is 58.8 Å². The number of fused-ring (bicyclic) bond motifs is 1. The van der Waals surface area contributed by atoms with Gasteiger partial charge in [0.2, 0.25) is 0 Å². The molecule has 1 aromatic carbocycles. The van der Waals surface area contributed by atoms with Crippen molar-refractivity contribution in [3.63, 3.8) is 0 Å². The zero-order valence-electron chi connectivity index (χ0n) is 21.7. The third kappa shape index (κ3) is 6.24. The van der Waals surface area contributed by atoms with Crippen LogP contribution in [-0.4, -0.2) is 41.9 Å². The number of pyridine rings is 1. The SMILES string of the molecule is CC(N)CC(C)(N)C(C)(C)C(=O)OCC(C)(COc1ccc2cc(-c3cccnc3)oc2c1)C(F)(F)F. The lowest BCUT2D eigenvalue weighted by atomic mass is 9.71. The molecule has 10 heteroatoms. The van der Waals surface area contributed by atoms with Gasteiger partial charge in [-0.05, 0) is 71.4 Å². The number of ether oxygens (including phenoxy) is 2. The molecule has 0 radical (unpaired) electrons. The van der Waals surface area contributed by atoms with E-state index in [4.69, 9.17) is 25.4 Å². The Hall–Kier alpha value is -3.11. The number of nitrogens with zero attached hydrogens (tertiary/aromatic N) is 1. The fraction of sp³-hybridized carbons (Fsp3) is 0.481. The largest absolute Gasteiger partial charge is 0.492 e. The van der Waals surface area contributed by atoms with Crippen molar-refractivity contribution in [2.24, 2.45) is 22.3 Å². The number of rotatable bonds is 10. The van der Waals surface area contributed by atoms with Crippen LogP contribution < -0.4 is 16.2 Å². The van der Waals surface area contributed by atoms with Gasteiger partial charge in [0, 0.05) is 41.0 Å². The summed E-state index contributed by atoms with van der Waals surface area (Å²) in [6.07, 6.45) is -1.14. The minimum absolute atomic E-state index is 0.188. The first-order valence-corrected chi connectivity index (χ1v) is 11.9. The van der Waals surface area contributed by atoms with Crippen molar-refractivity contribution in [1.82, 2.24) is 4.98 Å². The lowest BCUT2D eigenvalue weighted by Gasteiger charge is -2.41. The highest BCUT2D eigenvalue weighted by atomic mass is 19.4. The standard InChI is InChI=1S/C27H34F3N3O4/c1-17(31)13-26(5,32)24(2,3)23(34)36-16-25(4,27(28,29)30)15-35-20-9-8-18-11-21(37-22(18)12-20)19-7-6-10-33-14-19/h6-12,14,17H,13,15-16,31-32H2,1-5H3. The minimum Gasteiger partial charge on any atom is -0.492 e. The monoisotopic (exact) mass is 521 g/mol. The Morgan fingerprint density at radius 2 is 1.81 bits per heavy atom. The minimum atomic E-state index is -4.71. The third-order valence-electron chi connectivity index (χ3n) is 6.89. The van der Waals surface area contributed by atoms with E-state index < -0.39 is 41.7 Å². The number of carbonyl (C=O) groups is 1. The topological polar surface area (TPSA) is 114 Å². The molecule has 0 aliphatic carbocycles. The van der Waals surface area contributed by atoms with Crippen LogP contribution in [0.15, 0.2) is 53.2 Å². The highest BCUT2D eigenvalue weighted by Gasteiger charge is 2.54. The second-order valence-electron chi connectivity index (χ2n) is 10.7. The van der Waals surface area contributed by atoms with E-state index in [0.717, 1.165) is 17.9 Å². The van der Waals surface area contributed by atoms with Crippen molar-refractivity contribution in [1.29, 1.82) is 0 Å². The quantitative estimate of drug-likeness (QED) is 0.340. The summed E-state index contributed by atoms with van der Waals surface area (Å²) in [7, 11) is 0. The van der Waals surface area contributed by atoms with Gasteiger partial charge >= 0.3 is 12.1 Å². The Bertz CT molecular complexity index is 1220. The third-order valence-corrected chi connectivity index (χ3v) is 6.89. The number of hydrogen-bond acceptors (Lipinski definition) is 7. The Morgan fingerprint density at radius 1 is 1.11 bits per heavy atom. The van der Waals surface area contributed by atoms with Crippen molar-refractivity contribution in [3.05, 3.63) is 48.8 Å². The highest BCUT2D eigenvalue weighted by molar-refractivity contribution is 5.83. The first kappa shape index (κ1) is 28.5. The molecule has 3 rings (SSSR count).